The van der Waals surface area contributed by atoms with Gasteiger partial charge in [0.25, 0.3) is 5.91 Å². The number of fused-ring (bicyclic) bond motifs is 1. The number of nitrogens with zero attached hydrogens (tertiary/aromatic N) is 2. The molecule has 0 unspecified atom stereocenters. The van der Waals surface area contributed by atoms with E-state index in [-0.39, 0.29) is 5.91 Å². The lowest BCUT2D eigenvalue weighted by Crippen LogP contribution is -2.19. The van der Waals surface area contributed by atoms with Gasteiger partial charge in [-0.2, -0.15) is 5.10 Å². The average Bonchev–Trinajstić information content (AvgIpc) is 2.91. The molecule has 0 bridgehead atoms. The zero-order chi connectivity index (χ0) is 14.8. The van der Waals surface area contributed by atoms with Crippen molar-refractivity contribution in [1.82, 2.24) is 9.78 Å². The Morgan fingerprint density at radius 3 is 3.00 bits per heavy atom. The third-order valence-corrected chi connectivity index (χ3v) is 3.62. The van der Waals surface area contributed by atoms with E-state index in [0.29, 0.717) is 24.0 Å². The summed E-state index contributed by atoms with van der Waals surface area (Å²) in [7, 11) is 0. The number of para-hydroxylation sites is 1. The maximum Gasteiger partial charge on any atom is 0.262 e. The molecule has 1 aliphatic heterocycles. The Bertz CT molecular complexity index is 661. The minimum atomic E-state index is -0.175. The second-order valence-electron chi connectivity index (χ2n) is 5.48. The summed E-state index contributed by atoms with van der Waals surface area (Å²) in [4.78, 5) is 12.5. The predicted molar refractivity (Wildman–Crippen MR) is 80.8 cm³/mol. The zero-order valence-electron chi connectivity index (χ0n) is 12.3. The van der Waals surface area contributed by atoms with Crippen LogP contribution in [0.4, 0.5) is 5.69 Å². The summed E-state index contributed by atoms with van der Waals surface area (Å²) in [6, 6.07) is 7.86. The number of amides is 1. The van der Waals surface area contributed by atoms with E-state index in [1.807, 2.05) is 24.3 Å². The van der Waals surface area contributed by atoms with Crippen LogP contribution in [-0.2, 0) is 6.54 Å². The topological polar surface area (TPSA) is 56.2 Å². The van der Waals surface area contributed by atoms with Gasteiger partial charge in [0.15, 0.2) is 0 Å². The Morgan fingerprint density at radius 2 is 2.19 bits per heavy atom. The van der Waals surface area contributed by atoms with E-state index in [9.17, 15) is 4.79 Å². The van der Waals surface area contributed by atoms with Gasteiger partial charge in [-0.3, -0.25) is 4.79 Å². The molecule has 0 atom stereocenters. The van der Waals surface area contributed by atoms with E-state index < -0.39 is 0 Å². The van der Waals surface area contributed by atoms with Gasteiger partial charge in [0.05, 0.1) is 12.8 Å². The molecule has 0 saturated carbocycles. The Hall–Kier alpha value is -2.30. The molecule has 110 valence electrons. The number of ether oxygens (including phenoxy) is 1. The molecule has 1 aliphatic rings. The van der Waals surface area contributed by atoms with Gasteiger partial charge in [-0.15, -0.1) is 0 Å². The molecule has 0 spiro atoms. The Labute approximate surface area is 123 Å². The van der Waals surface area contributed by atoms with Crippen molar-refractivity contribution >= 4 is 11.6 Å². The standard InChI is InChI=1S/C16H19N3O2/c1-11(2)12-6-3-4-7-14(12)18-15(20)13-10-17-19-8-5-9-21-16(13)19/h3-4,6-7,10-11H,5,8-9H2,1-2H3,(H,18,20). The number of rotatable bonds is 3. The van der Waals surface area contributed by atoms with Crippen molar-refractivity contribution in [2.75, 3.05) is 11.9 Å². The van der Waals surface area contributed by atoms with Crippen molar-refractivity contribution in [2.45, 2.75) is 32.7 Å². The molecule has 0 saturated heterocycles. The van der Waals surface area contributed by atoms with Gasteiger partial charge in [-0.05, 0) is 17.5 Å². The van der Waals surface area contributed by atoms with Gasteiger partial charge in [0.2, 0.25) is 5.88 Å². The van der Waals surface area contributed by atoms with Gasteiger partial charge >= 0.3 is 0 Å². The number of anilines is 1. The minimum Gasteiger partial charge on any atom is -0.477 e. The lowest BCUT2D eigenvalue weighted by atomic mass is 10.0. The number of aromatic nitrogens is 2. The molecule has 1 N–H and O–H groups in total. The van der Waals surface area contributed by atoms with Crippen molar-refractivity contribution in [2.24, 2.45) is 0 Å². The molecule has 21 heavy (non-hydrogen) atoms. The van der Waals surface area contributed by atoms with Crippen LogP contribution >= 0.6 is 0 Å². The van der Waals surface area contributed by atoms with E-state index in [4.69, 9.17) is 4.74 Å². The summed E-state index contributed by atoms with van der Waals surface area (Å²) in [6.45, 7) is 5.64. The van der Waals surface area contributed by atoms with Crippen molar-refractivity contribution in [3.05, 3.63) is 41.6 Å². The highest BCUT2D eigenvalue weighted by Crippen LogP contribution is 2.27. The van der Waals surface area contributed by atoms with Crippen LogP contribution in [0.25, 0.3) is 0 Å². The number of hydrogen-bond donors (Lipinski definition) is 1. The second-order valence-corrected chi connectivity index (χ2v) is 5.48. The largest absolute Gasteiger partial charge is 0.477 e. The van der Waals surface area contributed by atoms with Crippen LogP contribution < -0.4 is 10.1 Å². The molecule has 1 aromatic heterocycles. The number of hydrogen-bond acceptors (Lipinski definition) is 3. The summed E-state index contributed by atoms with van der Waals surface area (Å²) >= 11 is 0. The molecule has 0 radical (unpaired) electrons. The molecule has 0 fully saturated rings. The van der Waals surface area contributed by atoms with Crippen molar-refractivity contribution in [3.63, 3.8) is 0 Å². The molecule has 2 aromatic rings. The summed E-state index contributed by atoms with van der Waals surface area (Å²) in [5.74, 6) is 0.742. The first kappa shape index (κ1) is 13.7. The van der Waals surface area contributed by atoms with Gasteiger partial charge in [-0.1, -0.05) is 32.0 Å². The first-order valence-corrected chi connectivity index (χ1v) is 7.25. The third kappa shape index (κ3) is 2.63. The summed E-state index contributed by atoms with van der Waals surface area (Å²) in [5, 5.41) is 7.18. The highest BCUT2D eigenvalue weighted by atomic mass is 16.5. The Balaban J connectivity index is 1.86. The highest BCUT2D eigenvalue weighted by Gasteiger charge is 2.22. The van der Waals surface area contributed by atoms with Gasteiger partial charge < -0.3 is 10.1 Å². The molecular formula is C16H19N3O2. The zero-order valence-corrected chi connectivity index (χ0v) is 12.3. The third-order valence-electron chi connectivity index (χ3n) is 3.62. The van der Waals surface area contributed by atoms with Crippen LogP contribution in [0.15, 0.2) is 30.5 Å². The average molecular weight is 285 g/mol. The van der Waals surface area contributed by atoms with Crippen LogP contribution in [0.3, 0.4) is 0 Å². The molecule has 3 rings (SSSR count). The molecule has 5 nitrogen and oxygen atoms in total. The number of benzene rings is 1. The smallest absolute Gasteiger partial charge is 0.262 e. The maximum atomic E-state index is 12.5. The maximum absolute atomic E-state index is 12.5. The minimum absolute atomic E-state index is 0.175. The predicted octanol–water partition coefficient (Wildman–Crippen LogP) is 3.04. The van der Waals surface area contributed by atoms with Gasteiger partial charge in [0.1, 0.15) is 5.56 Å². The van der Waals surface area contributed by atoms with Crippen LogP contribution in [0.2, 0.25) is 0 Å². The summed E-state index contributed by atoms with van der Waals surface area (Å²) in [5.41, 5.74) is 2.45. The molecule has 1 amide bonds. The van der Waals surface area contributed by atoms with Gasteiger partial charge in [-0.25, -0.2) is 4.68 Å². The Kier molecular flexibility index (Phi) is 3.64. The van der Waals surface area contributed by atoms with Crippen molar-refractivity contribution < 1.29 is 9.53 Å². The van der Waals surface area contributed by atoms with Crippen molar-refractivity contribution in [3.8, 4) is 5.88 Å². The fourth-order valence-corrected chi connectivity index (χ4v) is 2.53. The number of aryl methyl sites for hydroxylation is 1. The molecule has 2 heterocycles. The lowest BCUT2D eigenvalue weighted by molar-refractivity contribution is 0.102. The van der Waals surface area contributed by atoms with Crippen molar-refractivity contribution in [1.29, 1.82) is 0 Å². The molecule has 1 aromatic carbocycles. The normalized spacial score (nSPS) is 13.7. The molecule has 0 aliphatic carbocycles. The lowest BCUT2D eigenvalue weighted by Gasteiger charge is -2.17. The van der Waals surface area contributed by atoms with Crippen LogP contribution in [0.1, 0.15) is 42.1 Å². The molecular weight excluding hydrogens is 266 g/mol. The summed E-state index contributed by atoms with van der Waals surface area (Å²) in [6.07, 6.45) is 2.50. The second kappa shape index (κ2) is 5.60. The van der Waals surface area contributed by atoms with E-state index in [1.165, 1.54) is 0 Å². The van der Waals surface area contributed by atoms with E-state index in [0.717, 1.165) is 24.2 Å². The fourth-order valence-electron chi connectivity index (χ4n) is 2.53. The quantitative estimate of drug-likeness (QED) is 0.943. The van der Waals surface area contributed by atoms with E-state index in [2.05, 4.69) is 24.3 Å². The van der Waals surface area contributed by atoms with E-state index in [1.54, 1.807) is 10.9 Å². The Morgan fingerprint density at radius 1 is 1.38 bits per heavy atom. The first-order chi connectivity index (χ1) is 10.2. The van der Waals surface area contributed by atoms with Crippen LogP contribution in [-0.4, -0.2) is 22.3 Å². The number of carbonyl (C=O) groups excluding carboxylic acids is 1. The van der Waals surface area contributed by atoms with E-state index >= 15 is 0 Å². The monoisotopic (exact) mass is 285 g/mol. The fraction of sp³-hybridized carbons (Fsp3) is 0.375. The highest BCUT2D eigenvalue weighted by molar-refractivity contribution is 6.06. The molecule has 5 heteroatoms. The van der Waals surface area contributed by atoms with Crippen LogP contribution in [0, 0.1) is 0 Å². The number of carbonyl (C=O) groups is 1. The SMILES string of the molecule is CC(C)c1ccccc1NC(=O)c1cnn2c1OCCC2. The summed E-state index contributed by atoms with van der Waals surface area (Å²) < 4.78 is 7.31. The van der Waals surface area contributed by atoms with Gasteiger partial charge in [0, 0.05) is 18.7 Å². The first-order valence-electron chi connectivity index (χ1n) is 7.25. The van der Waals surface area contributed by atoms with Crippen LogP contribution in [0.5, 0.6) is 5.88 Å². The number of nitrogens with one attached hydrogen (secondary N) is 1.